The number of rotatable bonds is 9. The number of hydrogen-bond donors (Lipinski definition) is 1. The molecule has 2 aromatic carbocycles. The number of carbonyl (C=O) groups excluding carboxylic acids is 2. The summed E-state index contributed by atoms with van der Waals surface area (Å²) < 4.78 is 16.4. The summed E-state index contributed by atoms with van der Waals surface area (Å²) in [6, 6.07) is 12.8. The molecule has 1 aromatic heterocycles. The zero-order valence-electron chi connectivity index (χ0n) is 25.8. The molecule has 0 bridgehead atoms. The lowest BCUT2D eigenvalue weighted by molar-refractivity contribution is -0.156. The first-order valence-corrected chi connectivity index (χ1v) is 14.5. The number of aromatic nitrogens is 1. The molecule has 4 rings (SSSR count). The number of likely N-dealkylation sites (N-methyl/N-ethyl adjacent to an activating group) is 1. The number of piperidine rings is 1. The summed E-state index contributed by atoms with van der Waals surface area (Å²) in [4.78, 5) is 32.4. The van der Waals surface area contributed by atoms with Crippen LogP contribution >= 0.6 is 0 Å². The monoisotopic (exact) mass is 563 g/mol. The lowest BCUT2D eigenvalue weighted by atomic mass is 9.87. The topological polar surface area (TPSA) is 84.1 Å². The molecule has 0 aliphatic carbocycles. The average Bonchev–Trinajstić information content (AvgIpc) is 3.30. The van der Waals surface area contributed by atoms with Crippen LogP contribution in [0, 0.1) is 0 Å². The van der Waals surface area contributed by atoms with Gasteiger partial charge in [-0.25, -0.2) is 0 Å². The summed E-state index contributed by atoms with van der Waals surface area (Å²) in [5, 5.41) is 1.24. The normalized spacial score (nSPS) is 14.6. The number of methoxy groups -OCH3 is 2. The number of aromatic amines is 1. The van der Waals surface area contributed by atoms with E-state index in [1.807, 2.05) is 37.8 Å². The maximum Gasteiger partial charge on any atom is 0.320 e. The van der Waals surface area contributed by atoms with E-state index in [1.165, 1.54) is 16.5 Å². The van der Waals surface area contributed by atoms with Crippen LogP contribution in [0.2, 0.25) is 0 Å². The van der Waals surface area contributed by atoms with Gasteiger partial charge in [0, 0.05) is 29.6 Å². The zero-order valence-corrected chi connectivity index (χ0v) is 25.8. The third-order valence-corrected chi connectivity index (χ3v) is 7.66. The highest BCUT2D eigenvalue weighted by molar-refractivity contribution is 5.92. The van der Waals surface area contributed by atoms with E-state index in [1.54, 1.807) is 26.2 Å². The second-order valence-corrected chi connectivity index (χ2v) is 12.4. The van der Waals surface area contributed by atoms with Crippen LogP contribution in [-0.2, 0) is 14.3 Å². The van der Waals surface area contributed by atoms with Crippen LogP contribution in [0.1, 0.15) is 70.4 Å². The van der Waals surface area contributed by atoms with E-state index in [2.05, 4.69) is 43.1 Å². The van der Waals surface area contributed by atoms with Gasteiger partial charge < -0.3 is 24.1 Å². The summed E-state index contributed by atoms with van der Waals surface area (Å²) in [6.45, 7) is 11.7. The van der Waals surface area contributed by atoms with Crippen molar-refractivity contribution in [1.82, 2.24) is 14.8 Å². The molecule has 1 fully saturated rings. The lowest BCUT2D eigenvalue weighted by Crippen LogP contribution is -2.44. The fourth-order valence-electron chi connectivity index (χ4n) is 5.75. The van der Waals surface area contributed by atoms with Crippen molar-refractivity contribution in [3.63, 3.8) is 0 Å². The van der Waals surface area contributed by atoms with Crippen molar-refractivity contribution in [2.75, 3.05) is 47.4 Å². The van der Waals surface area contributed by atoms with Crippen molar-refractivity contribution in [2.24, 2.45) is 0 Å². The van der Waals surface area contributed by atoms with Gasteiger partial charge in [0.1, 0.15) is 5.60 Å². The van der Waals surface area contributed by atoms with Crippen molar-refractivity contribution in [3.05, 3.63) is 47.5 Å². The zero-order chi connectivity index (χ0) is 29.9. The standard InChI is InChI=1S/C33H45N3O5/c1-21(2)31-25-17-23(9-11-26(25)34-32(31)24-10-12-27(39-7)28(18-24)40-8)22-13-15-36(16-14-22)29(37)19-35(6)20-30(38)41-33(3,4)5/h9-12,17-18,21-22,34H,13-16,19-20H2,1-8H3. The first-order valence-electron chi connectivity index (χ1n) is 14.5. The number of carbonyl (C=O) groups is 2. The molecule has 1 N–H and O–H groups in total. The maximum absolute atomic E-state index is 12.9. The van der Waals surface area contributed by atoms with E-state index in [9.17, 15) is 9.59 Å². The third-order valence-electron chi connectivity index (χ3n) is 7.66. The van der Waals surface area contributed by atoms with Gasteiger partial charge in [0.15, 0.2) is 11.5 Å². The van der Waals surface area contributed by atoms with Crippen LogP contribution in [0.5, 0.6) is 11.5 Å². The lowest BCUT2D eigenvalue weighted by Gasteiger charge is -2.33. The number of ether oxygens (including phenoxy) is 3. The molecule has 1 aliphatic rings. The minimum Gasteiger partial charge on any atom is -0.493 e. The Morgan fingerprint density at radius 2 is 1.68 bits per heavy atom. The van der Waals surface area contributed by atoms with E-state index in [0.29, 0.717) is 36.4 Å². The molecular weight excluding hydrogens is 518 g/mol. The minimum absolute atomic E-state index is 0.0530. The molecule has 8 heteroatoms. The van der Waals surface area contributed by atoms with Crippen LogP contribution < -0.4 is 9.47 Å². The van der Waals surface area contributed by atoms with Gasteiger partial charge >= 0.3 is 5.97 Å². The number of fused-ring (bicyclic) bond motifs is 1. The highest BCUT2D eigenvalue weighted by Crippen LogP contribution is 2.40. The number of benzene rings is 2. The van der Waals surface area contributed by atoms with Gasteiger partial charge in [-0.05, 0) is 94.0 Å². The summed E-state index contributed by atoms with van der Waals surface area (Å²) in [5.41, 5.74) is 5.34. The molecule has 8 nitrogen and oxygen atoms in total. The third kappa shape index (κ3) is 7.22. The SMILES string of the molecule is COc1ccc(-c2[nH]c3ccc(C4CCN(C(=O)CN(C)CC(=O)OC(C)(C)C)CC4)cc3c2C(C)C)cc1OC. The van der Waals surface area contributed by atoms with Gasteiger partial charge in [-0.3, -0.25) is 14.5 Å². The van der Waals surface area contributed by atoms with Gasteiger partial charge in [-0.1, -0.05) is 19.9 Å². The number of amides is 1. The largest absolute Gasteiger partial charge is 0.493 e. The molecule has 1 aliphatic heterocycles. The fourth-order valence-corrected chi connectivity index (χ4v) is 5.75. The van der Waals surface area contributed by atoms with Gasteiger partial charge in [0.25, 0.3) is 0 Å². The van der Waals surface area contributed by atoms with Crippen molar-refractivity contribution in [1.29, 1.82) is 0 Å². The molecule has 1 amide bonds. The molecular formula is C33H45N3O5. The van der Waals surface area contributed by atoms with E-state index < -0.39 is 5.60 Å². The Balaban J connectivity index is 1.45. The van der Waals surface area contributed by atoms with E-state index in [4.69, 9.17) is 14.2 Å². The Labute approximate surface area is 243 Å². The van der Waals surface area contributed by atoms with Crippen molar-refractivity contribution in [3.8, 4) is 22.8 Å². The van der Waals surface area contributed by atoms with Gasteiger partial charge in [0.2, 0.25) is 5.91 Å². The smallest absolute Gasteiger partial charge is 0.320 e. The van der Waals surface area contributed by atoms with E-state index >= 15 is 0 Å². The van der Waals surface area contributed by atoms with Crippen LogP contribution in [0.3, 0.4) is 0 Å². The highest BCUT2D eigenvalue weighted by atomic mass is 16.6. The number of esters is 1. The minimum atomic E-state index is -0.534. The number of nitrogens with zero attached hydrogens (tertiary/aromatic N) is 2. The molecule has 0 atom stereocenters. The molecule has 1 saturated heterocycles. The van der Waals surface area contributed by atoms with Crippen LogP contribution in [0.25, 0.3) is 22.2 Å². The molecule has 0 spiro atoms. The first kappa shape index (κ1) is 30.4. The van der Waals surface area contributed by atoms with Crippen molar-refractivity contribution >= 4 is 22.8 Å². The second kappa shape index (κ2) is 12.6. The molecule has 41 heavy (non-hydrogen) atoms. The Morgan fingerprint density at radius 1 is 1.00 bits per heavy atom. The Morgan fingerprint density at radius 3 is 2.29 bits per heavy atom. The Hall–Kier alpha value is -3.52. The molecule has 0 unspecified atom stereocenters. The number of nitrogens with one attached hydrogen (secondary N) is 1. The quantitative estimate of drug-likeness (QED) is 0.324. The summed E-state index contributed by atoms with van der Waals surface area (Å²) in [5.74, 6) is 1.86. The van der Waals surface area contributed by atoms with Crippen molar-refractivity contribution < 1.29 is 23.8 Å². The van der Waals surface area contributed by atoms with Gasteiger partial charge in [-0.2, -0.15) is 0 Å². The van der Waals surface area contributed by atoms with Crippen LogP contribution in [0.15, 0.2) is 36.4 Å². The number of H-pyrrole nitrogens is 1. The van der Waals surface area contributed by atoms with Crippen LogP contribution in [-0.4, -0.2) is 79.7 Å². The predicted molar refractivity (Wildman–Crippen MR) is 163 cm³/mol. The molecule has 3 aromatic rings. The maximum atomic E-state index is 12.9. The first-order chi connectivity index (χ1) is 19.4. The van der Waals surface area contributed by atoms with Crippen molar-refractivity contribution in [2.45, 2.75) is 64.9 Å². The average molecular weight is 564 g/mol. The summed E-state index contributed by atoms with van der Waals surface area (Å²) in [6.07, 6.45) is 1.83. The molecule has 2 heterocycles. The Kier molecular flexibility index (Phi) is 9.32. The second-order valence-electron chi connectivity index (χ2n) is 12.4. The summed E-state index contributed by atoms with van der Waals surface area (Å²) >= 11 is 0. The van der Waals surface area contributed by atoms with Gasteiger partial charge in [0.05, 0.1) is 33.0 Å². The number of hydrogen-bond acceptors (Lipinski definition) is 6. The number of likely N-dealkylation sites (tertiary alicyclic amines) is 1. The predicted octanol–water partition coefficient (Wildman–Crippen LogP) is 5.96. The summed E-state index contributed by atoms with van der Waals surface area (Å²) in [7, 11) is 5.08. The molecule has 0 radical (unpaired) electrons. The van der Waals surface area contributed by atoms with E-state index in [0.717, 1.165) is 29.6 Å². The van der Waals surface area contributed by atoms with Crippen LogP contribution in [0.4, 0.5) is 0 Å². The Bertz CT molecular complexity index is 1380. The molecule has 222 valence electrons. The van der Waals surface area contributed by atoms with Gasteiger partial charge in [-0.15, -0.1) is 0 Å². The highest BCUT2D eigenvalue weighted by Gasteiger charge is 2.26. The molecule has 0 saturated carbocycles. The van der Waals surface area contributed by atoms with E-state index in [-0.39, 0.29) is 25.0 Å². The fraction of sp³-hybridized carbons (Fsp3) is 0.515.